The van der Waals surface area contributed by atoms with E-state index in [1.807, 2.05) is 24.3 Å². The summed E-state index contributed by atoms with van der Waals surface area (Å²) >= 11 is 0. The Hall–Kier alpha value is -3.26. The zero-order valence-corrected chi connectivity index (χ0v) is 14.8. The van der Waals surface area contributed by atoms with Crippen molar-refractivity contribution in [3.8, 4) is 17.0 Å². The highest BCUT2D eigenvalue weighted by molar-refractivity contribution is 5.60. The first kappa shape index (κ1) is 17.2. The summed E-state index contributed by atoms with van der Waals surface area (Å²) in [6.45, 7) is 0.864. The lowest BCUT2D eigenvalue weighted by Crippen LogP contribution is -2.37. The minimum atomic E-state index is -0.238. The molecule has 0 radical (unpaired) electrons. The third kappa shape index (κ3) is 3.65. The second-order valence-electron chi connectivity index (χ2n) is 6.18. The second-order valence-corrected chi connectivity index (χ2v) is 6.18. The zero-order chi connectivity index (χ0) is 18.6. The molecule has 8 nitrogen and oxygen atoms in total. The van der Waals surface area contributed by atoms with E-state index in [0.717, 1.165) is 11.3 Å². The minimum Gasteiger partial charge on any atom is -0.497 e. The maximum absolute atomic E-state index is 12.5. The molecule has 3 heterocycles. The third-order valence-electron chi connectivity index (χ3n) is 4.47. The summed E-state index contributed by atoms with van der Waals surface area (Å²) in [5.74, 6) is 1.42. The Morgan fingerprint density at radius 2 is 2.15 bits per heavy atom. The summed E-state index contributed by atoms with van der Waals surface area (Å²) in [5.41, 5.74) is 1.40. The van der Waals surface area contributed by atoms with Gasteiger partial charge in [-0.25, -0.2) is 14.6 Å². The molecule has 0 saturated carbocycles. The van der Waals surface area contributed by atoms with Crippen molar-refractivity contribution in [1.82, 2.24) is 19.7 Å². The van der Waals surface area contributed by atoms with Gasteiger partial charge in [0.15, 0.2) is 0 Å². The van der Waals surface area contributed by atoms with Gasteiger partial charge in [-0.2, -0.15) is 5.10 Å². The molecular formula is C19H19N5O3. The van der Waals surface area contributed by atoms with E-state index in [2.05, 4.69) is 20.4 Å². The van der Waals surface area contributed by atoms with Crippen LogP contribution in [0.2, 0.25) is 0 Å². The van der Waals surface area contributed by atoms with Crippen molar-refractivity contribution in [3.63, 3.8) is 0 Å². The largest absolute Gasteiger partial charge is 0.497 e. The Morgan fingerprint density at radius 3 is 2.96 bits per heavy atom. The molecule has 1 aromatic carbocycles. The number of hydrogen-bond donors (Lipinski definition) is 1. The van der Waals surface area contributed by atoms with Gasteiger partial charge in [0.05, 0.1) is 32.1 Å². The Bertz CT molecular complexity index is 976. The van der Waals surface area contributed by atoms with Crippen LogP contribution in [0.1, 0.15) is 6.04 Å². The Labute approximate surface area is 155 Å². The van der Waals surface area contributed by atoms with E-state index in [1.54, 1.807) is 25.4 Å². The lowest BCUT2D eigenvalue weighted by atomic mass is 10.1. The van der Waals surface area contributed by atoms with Crippen molar-refractivity contribution < 1.29 is 9.47 Å². The van der Waals surface area contributed by atoms with Crippen LogP contribution in [0.25, 0.3) is 11.3 Å². The maximum atomic E-state index is 12.5. The van der Waals surface area contributed by atoms with Crippen LogP contribution in [0.15, 0.2) is 59.8 Å². The molecule has 8 heteroatoms. The summed E-state index contributed by atoms with van der Waals surface area (Å²) in [6.07, 6.45) is 3.13. The van der Waals surface area contributed by atoms with Gasteiger partial charge >= 0.3 is 0 Å². The van der Waals surface area contributed by atoms with E-state index in [4.69, 9.17) is 9.47 Å². The Morgan fingerprint density at radius 1 is 1.22 bits per heavy atom. The van der Waals surface area contributed by atoms with E-state index in [0.29, 0.717) is 24.7 Å². The fourth-order valence-electron chi connectivity index (χ4n) is 3.09. The molecule has 2 atom stereocenters. The second kappa shape index (κ2) is 7.55. The fourth-order valence-corrected chi connectivity index (χ4v) is 3.09. The van der Waals surface area contributed by atoms with Gasteiger partial charge in [-0.3, -0.25) is 4.79 Å². The number of anilines is 1. The van der Waals surface area contributed by atoms with Crippen molar-refractivity contribution in [1.29, 1.82) is 0 Å². The number of methoxy groups -OCH3 is 1. The average molecular weight is 365 g/mol. The van der Waals surface area contributed by atoms with Crippen LogP contribution in [0.5, 0.6) is 5.75 Å². The lowest BCUT2D eigenvalue weighted by Gasteiger charge is -2.21. The highest BCUT2D eigenvalue weighted by atomic mass is 16.5. The van der Waals surface area contributed by atoms with Crippen LogP contribution in [-0.2, 0) is 4.74 Å². The summed E-state index contributed by atoms with van der Waals surface area (Å²) in [6, 6.07) is 12.2. The normalized spacial score (nSPS) is 19.0. The summed E-state index contributed by atoms with van der Waals surface area (Å²) in [7, 11) is 1.62. The molecular weight excluding hydrogens is 346 g/mol. The van der Waals surface area contributed by atoms with Crippen LogP contribution >= 0.6 is 0 Å². The first-order chi connectivity index (χ1) is 13.2. The quantitative estimate of drug-likeness (QED) is 0.737. The van der Waals surface area contributed by atoms with E-state index in [-0.39, 0.29) is 17.6 Å². The number of rotatable bonds is 5. The molecule has 1 aliphatic heterocycles. The molecule has 2 unspecified atom stereocenters. The number of hydrogen-bond acceptors (Lipinski definition) is 7. The smallest absolute Gasteiger partial charge is 0.267 e. The van der Waals surface area contributed by atoms with E-state index in [9.17, 15) is 4.79 Å². The SMILES string of the molecule is COc1cccc(-c2ccc(=O)n(C3COCC3Nc3ccncn3)n2)c1. The van der Waals surface area contributed by atoms with Gasteiger partial charge in [-0.15, -0.1) is 0 Å². The van der Waals surface area contributed by atoms with Crippen molar-refractivity contribution in [2.75, 3.05) is 25.6 Å². The van der Waals surface area contributed by atoms with Crippen molar-refractivity contribution in [2.24, 2.45) is 0 Å². The number of nitrogens with one attached hydrogen (secondary N) is 1. The zero-order valence-electron chi connectivity index (χ0n) is 14.8. The Kier molecular flexibility index (Phi) is 4.80. The molecule has 0 aliphatic carbocycles. The van der Waals surface area contributed by atoms with Crippen LogP contribution in [0.3, 0.4) is 0 Å². The molecule has 0 spiro atoms. The third-order valence-corrected chi connectivity index (χ3v) is 4.47. The highest BCUT2D eigenvalue weighted by Gasteiger charge is 2.31. The number of ether oxygens (including phenoxy) is 2. The van der Waals surface area contributed by atoms with Gasteiger partial charge in [0.1, 0.15) is 23.9 Å². The van der Waals surface area contributed by atoms with Gasteiger partial charge in [0, 0.05) is 17.8 Å². The van der Waals surface area contributed by atoms with E-state index < -0.39 is 0 Å². The highest BCUT2D eigenvalue weighted by Crippen LogP contribution is 2.24. The van der Waals surface area contributed by atoms with E-state index >= 15 is 0 Å². The summed E-state index contributed by atoms with van der Waals surface area (Å²) in [4.78, 5) is 20.6. The molecule has 4 rings (SSSR count). The predicted molar refractivity (Wildman–Crippen MR) is 99.8 cm³/mol. The fraction of sp³-hybridized carbons (Fsp3) is 0.263. The van der Waals surface area contributed by atoms with E-state index in [1.165, 1.54) is 17.1 Å². The number of aromatic nitrogens is 4. The van der Waals surface area contributed by atoms with Gasteiger partial charge < -0.3 is 14.8 Å². The maximum Gasteiger partial charge on any atom is 0.267 e. The van der Waals surface area contributed by atoms with Gasteiger partial charge in [-0.1, -0.05) is 12.1 Å². The molecule has 27 heavy (non-hydrogen) atoms. The van der Waals surface area contributed by atoms with Crippen LogP contribution in [-0.4, -0.2) is 46.1 Å². The molecule has 3 aromatic rings. The van der Waals surface area contributed by atoms with Crippen molar-refractivity contribution >= 4 is 5.82 Å². The predicted octanol–water partition coefficient (Wildman–Crippen LogP) is 1.76. The first-order valence-electron chi connectivity index (χ1n) is 8.59. The monoisotopic (exact) mass is 365 g/mol. The molecule has 1 N–H and O–H groups in total. The lowest BCUT2D eigenvalue weighted by molar-refractivity contribution is 0.183. The number of benzene rings is 1. The first-order valence-corrected chi connectivity index (χ1v) is 8.59. The molecule has 1 fully saturated rings. The molecule has 2 aromatic heterocycles. The van der Waals surface area contributed by atoms with Crippen LogP contribution in [0, 0.1) is 0 Å². The minimum absolute atomic E-state index is 0.120. The number of nitrogens with zero attached hydrogens (tertiary/aromatic N) is 4. The van der Waals surface area contributed by atoms with Gasteiger partial charge in [0.25, 0.3) is 5.56 Å². The Balaban J connectivity index is 1.65. The molecule has 1 saturated heterocycles. The molecule has 1 aliphatic rings. The molecule has 138 valence electrons. The summed E-state index contributed by atoms with van der Waals surface area (Å²) < 4.78 is 12.4. The van der Waals surface area contributed by atoms with Crippen molar-refractivity contribution in [2.45, 2.75) is 12.1 Å². The average Bonchev–Trinajstić information content (AvgIpc) is 3.17. The van der Waals surface area contributed by atoms with Crippen LogP contribution < -0.4 is 15.6 Å². The van der Waals surface area contributed by atoms with Crippen LogP contribution in [0.4, 0.5) is 5.82 Å². The summed E-state index contributed by atoms with van der Waals surface area (Å²) in [5, 5.41) is 7.89. The van der Waals surface area contributed by atoms with Crippen molar-refractivity contribution in [3.05, 3.63) is 65.3 Å². The standard InChI is InChI=1S/C19H19N5O3/c1-26-14-4-2-3-13(9-14)15-5-6-19(25)24(23-15)17-11-27-10-16(17)22-18-7-8-20-12-21-18/h2-9,12,16-17H,10-11H2,1H3,(H,20,21,22). The topological polar surface area (TPSA) is 91.2 Å². The van der Waals surface area contributed by atoms with Gasteiger partial charge in [-0.05, 0) is 24.3 Å². The molecule has 0 bridgehead atoms. The van der Waals surface area contributed by atoms with Gasteiger partial charge in [0.2, 0.25) is 0 Å². The molecule has 0 amide bonds.